The molecule has 0 aliphatic heterocycles. The highest BCUT2D eigenvalue weighted by Crippen LogP contribution is 2.13. The molecule has 0 bridgehead atoms. The van der Waals surface area contributed by atoms with Crippen LogP contribution in [0.2, 0.25) is 0 Å². The number of hydrogen-bond donors (Lipinski definition) is 2. The molecule has 0 fully saturated rings. The van der Waals surface area contributed by atoms with Gasteiger partial charge in [0, 0.05) is 12.8 Å². The van der Waals surface area contributed by atoms with Crippen molar-refractivity contribution in [2.75, 3.05) is 7.05 Å². The largest absolute Gasteiger partial charge is 0.405 e. The van der Waals surface area contributed by atoms with E-state index < -0.39 is 0 Å². The molecule has 0 saturated carbocycles. The first-order chi connectivity index (χ1) is 6.86. The van der Waals surface area contributed by atoms with Crippen molar-refractivity contribution in [2.45, 2.75) is 6.54 Å². The van der Waals surface area contributed by atoms with E-state index in [1.807, 2.05) is 25.2 Å². The molecule has 14 heavy (non-hydrogen) atoms. The lowest BCUT2D eigenvalue weighted by Crippen LogP contribution is -2.04. The summed E-state index contributed by atoms with van der Waals surface area (Å²) in [5.41, 5.74) is 7.35. The van der Waals surface area contributed by atoms with Crippen molar-refractivity contribution in [1.29, 1.82) is 0 Å². The van der Waals surface area contributed by atoms with E-state index in [1.165, 1.54) is 11.8 Å². The zero-order chi connectivity index (χ0) is 10.2. The number of benzene rings is 1. The van der Waals surface area contributed by atoms with Crippen molar-refractivity contribution in [3.8, 4) is 0 Å². The highest BCUT2D eigenvalue weighted by Gasteiger charge is 1.91. The van der Waals surface area contributed by atoms with Crippen LogP contribution in [-0.2, 0) is 6.54 Å². The van der Waals surface area contributed by atoms with Crippen LogP contribution < -0.4 is 11.1 Å². The van der Waals surface area contributed by atoms with Crippen molar-refractivity contribution in [1.82, 2.24) is 5.32 Å². The first-order valence-corrected chi connectivity index (χ1v) is 4.51. The van der Waals surface area contributed by atoms with E-state index in [9.17, 15) is 0 Å². The fourth-order valence-corrected chi connectivity index (χ4v) is 1.13. The molecule has 3 heteroatoms. The number of allylic oxidation sites excluding steroid dienone is 1. The Kier molecular flexibility index (Phi) is 4.44. The van der Waals surface area contributed by atoms with E-state index in [2.05, 4.69) is 16.4 Å². The normalized spacial score (nSPS) is 11.5. The van der Waals surface area contributed by atoms with Gasteiger partial charge in [0.25, 0.3) is 0 Å². The smallest absolute Gasteiger partial charge is 0.0632 e. The number of nitrogens with zero attached hydrogens (tertiary/aromatic N) is 1. The van der Waals surface area contributed by atoms with Crippen LogP contribution in [0.3, 0.4) is 0 Å². The number of nitrogens with one attached hydrogen (secondary N) is 1. The van der Waals surface area contributed by atoms with E-state index in [-0.39, 0.29) is 0 Å². The topological polar surface area (TPSA) is 50.4 Å². The lowest BCUT2D eigenvalue weighted by Gasteiger charge is -2.00. The summed E-state index contributed by atoms with van der Waals surface area (Å²) < 4.78 is 0. The predicted molar refractivity (Wildman–Crippen MR) is 60.7 cm³/mol. The van der Waals surface area contributed by atoms with E-state index in [4.69, 9.17) is 5.73 Å². The predicted octanol–water partition coefficient (Wildman–Crippen LogP) is 1.58. The van der Waals surface area contributed by atoms with Gasteiger partial charge in [-0.15, -0.1) is 0 Å². The van der Waals surface area contributed by atoms with Crippen molar-refractivity contribution < 1.29 is 0 Å². The molecule has 3 N–H and O–H groups in total. The monoisotopic (exact) mass is 189 g/mol. The standard InChI is InChI=1S/C11H15N3/c1-13-9-10-4-2-5-11(8-10)14-7-3-6-12/h2-8,13H,9,12H2,1H3. The van der Waals surface area contributed by atoms with Crippen LogP contribution in [0, 0.1) is 0 Å². The van der Waals surface area contributed by atoms with Crippen LogP contribution in [0.5, 0.6) is 0 Å². The zero-order valence-electron chi connectivity index (χ0n) is 8.27. The van der Waals surface area contributed by atoms with Gasteiger partial charge in [-0.1, -0.05) is 12.1 Å². The van der Waals surface area contributed by atoms with Gasteiger partial charge in [0.05, 0.1) is 5.69 Å². The van der Waals surface area contributed by atoms with E-state index in [1.54, 1.807) is 12.3 Å². The first kappa shape index (κ1) is 10.5. The molecule has 0 aliphatic rings. The van der Waals surface area contributed by atoms with Gasteiger partial charge in [0.15, 0.2) is 0 Å². The molecule has 74 valence electrons. The molecule has 0 spiro atoms. The molecular formula is C11H15N3. The minimum Gasteiger partial charge on any atom is -0.405 e. The maximum Gasteiger partial charge on any atom is 0.0632 e. The molecule has 1 aromatic rings. The van der Waals surface area contributed by atoms with Gasteiger partial charge in [-0.05, 0) is 37.0 Å². The third-order valence-corrected chi connectivity index (χ3v) is 1.71. The van der Waals surface area contributed by atoms with E-state index >= 15 is 0 Å². The maximum atomic E-state index is 5.19. The molecular weight excluding hydrogens is 174 g/mol. The number of rotatable bonds is 4. The van der Waals surface area contributed by atoms with Gasteiger partial charge < -0.3 is 11.1 Å². The summed E-state index contributed by atoms with van der Waals surface area (Å²) in [6.07, 6.45) is 4.84. The van der Waals surface area contributed by atoms with Gasteiger partial charge >= 0.3 is 0 Å². The Morgan fingerprint density at radius 3 is 3.07 bits per heavy atom. The molecule has 0 saturated heterocycles. The SMILES string of the molecule is CNCc1cccc(N=CC=CN)c1. The molecule has 0 amide bonds. The lowest BCUT2D eigenvalue weighted by molar-refractivity contribution is 0.818. The molecule has 1 aromatic carbocycles. The highest BCUT2D eigenvalue weighted by molar-refractivity contribution is 5.74. The molecule has 0 aliphatic carbocycles. The average Bonchev–Trinajstić information content (AvgIpc) is 2.19. The summed E-state index contributed by atoms with van der Waals surface area (Å²) in [6.45, 7) is 0.857. The summed E-state index contributed by atoms with van der Waals surface area (Å²) >= 11 is 0. The third kappa shape index (κ3) is 3.41. The summed E-state index contributed by atoms with van der Waals surface area (Å²) in [7, 11) is 1.92. The summed E-state index contributed by atoms with van der Waals surface area (Å²) in [6, 6.07) is 8.05. The van der Waals surface area contributed by atoms with Crippen LogP contribution >= 0.6 is 0 Å². The molecule has 0 unspecified atom stereocenters. The second-order valence-electron chi connectivity index (χ2n) is 2.86. The zero-order valence-corrected chi connectivity index (χ0v) is 8.27. The minimum atomic E-state index is 0.857. The van der Waals surface area contributed by atoms with Crippen LogP contribution in [0.4, 0.5) is 5.69 Å². The van der Waals surface area contributed by atoms with Gasteiger partial charge in [0.1, 0.15) is 0 Å². The van der Waals surface area contributed by atoms with Gasteiger partial charge in [0.2, 0.25) is 0 Å². The Hall–Kier alpha value is -1.61. The molecule has 1 rings (SSSR count). The van der Waals surface area contributed by atoms with Crippen LogP contribution in [0.25, 0.3) is 0 Å². The fraction of sp³-hybridized carbons (Fsp3) is 0.182. The van der Waals surface area contributed by atoms with Gasteiger partial charge in [-0.25, -0.2) is 0 Å². The number of hydrogen-bond acceptors (Lipinski definition) is 3. The number of aliphatic imine (C=N–C) groups is 1. The maximum absolute atomic E-state index is 5.19. The lowest BCUT2D eigenvalue weighted by atomic mass is 10.2. The minimum absolute atomic E-state index is 0.857. The quantitative estimate of drug-likeness (QED) is 0.706. The second kappa shape index (κ2) is 5.94. The van der Waals surface area contributed by atoms with Crippen molar-refractivity contribution in [3.63, 3.8) is 0 Å². The fourth-order valence-electron chi connectivity index (χ4n) is 1.13. The second-order valence-corrected chi connectivity index (χ2v) is 2.86. The van der Waals surface area contributed by atoms with Crippen LogP contribution in [0.1, 0.15) is 5.56 Å². The van der Waals surface area contributed by atoms with E-state index in [0.717, 1.165) is 12.2 Å². The highest BCUT2D eigenvalue weighted by atomic mass is 14.8. The Morgan fingerprint density at radius 2 is 2.36 bits per heavy atom. The summed E-state index contributed by atoms with van der Waals surface area (Å²) in [4.78, 5) is 4.22. The Morgan fingerprint density at radius 1 is 1.50 bits per heavy atom. The number of nitrogens with two attached hydrogens (primary N) is 1. The Balaban J connectivity index is 2.72. The molecule has 0 aromatic heterocycles. The van der Waals surface area contributed by atoms with E-state index in [0.29, 0.717) is 0 Å². The van der Waals surface area contributed by atoms with Gasteiger partial charge in [-0.3, -0.25) is 4.99 Å². The average molecular weight is 189 g/mol. The Labute approximate surface area is 84.4 Å². The Bertz CT molecular complexity index is 329. The van der Waals surface area contributed by atoms with Crippen molar-refractivity contribution in [2.24, 2.45) is 10.7 Å². The molecule has 0 heterocycles. The van der Waals surface area contributed by atoms with Gasteiger partial charge in [-0.2, -0.15) is 0 Å². The van der Waals surface area contributed by atoms with Crippen LogP contribution in [0.15, 0.2) is 41.5 Å². The van der Waals surface area contributed by atoms with Crippen molar-refractivity contribution in [3.05, 3.63) is 42.1 Å². The van der Waals surface area contributed by atoms with Crippen molar-refractivity contribution >= 4 is 11.9 Å². The summed E-state index contributed by atoms with van der Waals surface area (Å²) in [5, 5.41) is 3.09. The first-order valence-electron chi connectivity index (χ1n) is 4.51. The molecule has 0 radical (unpaired) electrons. The molecule has 3 nitrogen and oxygen atoms in total. The molecule has 0 atom stereocenters. The third-order valence-electron chi connectivity index (χ3n) is 1.71. The van der Waals surface area contributed by atoms with Crippen LogP contribution in [-0.4, -0.2) is 13.3 Å². The summed E-state index contributed by atoms with van der Waals surface area (Å²) in [5.74, 6) is 0.